The average Bonchev–Trinajstić information content (AvgIpc) is 3.23. The molecule has 13 heteroatoms. The first-order valence-corrected chi connectivity index (χ1v) is 11.8. The minimum atomic E-state index is -4.57. The van der Waals surface area contributed by atoms with Gasteiger partial charge in [-0.2, -0.15) is 13.2 Å². The van der Waals surface area contributed by atoms with Gasteiger partial charge in [0.05, 0.1) is 12.6 Å². The summed E-state index contributed by atoms with van der Waals surface area (Å²) in [5, 5.41) is 16.5. The molecule has 1 saturated heterocycles. The molecule has 0 spiro atoms. The van der Waals surface area contributed by atoms with Gasteiger partial charge in [-0.3, -0.25) is 24.6 Å². The smallest absolute Gasteiger partial charge is 0.376 e. The second-order valence-electron chi connectivity index (χ2n) is 9.26. The van der Waals surface area contributed by atoms with Gasteiger partial charge in [0, 0.05) is 37.2 Å². The van der Waals surface area contributed by atoms with Gasteiger partial charge in [0.15, 0.2) is 11.6 Å². The predicted octanol–water partition coefficient (Wildman–Crippen LogP) is 0.183. The molecule has 0 bridgehead atoms. The number of methoxy groups -OCH3 is 1. The van der Waals surface area contributed by atoms with Crippen LogP contribution in [0.1, 0.15) is 50.1 Å². The van der Waals surface area contributed by atoms with Crippen LogP contribution in [0.5, 0.6) is 0 Å². The second kappa shape index (κ2) is 11.1. The van der Waals surface area contributed by atoms with Gasteiger partial charge in [-0.05, 0) is 31.7 Å². The van der Waals surface area contributed by atoms with Crippen LogP contribution in [-0.2, 0) is 19.1 Å². The Morgan fingerprint density at radius 3 is 2.67 bits per heavy atom. The Morgan fingerprint density at radius 2 is 2.03 bits per heavy atom. The first kappa shape index (κ1) is 27.8. The fraction of sp³-hybridized carbons (Fsp3) is 0.609. The number of nitrogens with one attached hydrogen (secondary N) is 2. The van der Waals surface area contributed by atoms with Crippen LogP contribution in [0, 0.1) is 0 Å². The van der Waals surface area contributed by atoms with Crippen molar-refractivity contribution in [3.63, 3.8) is 0 Å². The molecule has 3 rings (SSSR count). The minimum Gasteiger partial charge on any atom is -0.376 e. The van der Waals surface area contributed by atoms with Crippen LogP contribution in [0.3, 0.4) is 0 Å². The number of nitrogens with zero attached hydrogens (tertiary/aromatic N) is 1. The molecule has 1 aromatic rings. The van der Waals surface area contributed by atoms with E-state index >= 15 is 0 Å². The number of likely N-dealkylation sites (tertiary alicyclic amines) is 1. The number of para-hydroxylation sites is 1. The summed E-state index contributed by atoms with van der Waals surface area (Å²) >= 11 is 0. The molecule has 0 aromatic heterocycles. The molecule has 0 radical (unpaired) electrons. The van der Waals surface area contributed by atoms with Crippen molar-refractivity contribution in [2.75, 3.05) is 19.0 Å². The normalized spacial score (nSPS) is 26.5. The van der Waals surface area contributed by atoms with Crippen LogP contribution in [0.15, 0.2) is 24.3 Å². The first-order chi connectivity index (χ1) is 16.9. The molecular weight excluding hydrogens is 483 g/mol. The number of anilines is 1. The van der Waals surface area contributed by atoms with E-state index in [0.717, 1.165) is 12.0 Å². The van der Waals surface area contributed by atoms with Gasteiger partial charge in [-0.15, -0.1) is 0 Å². The van der Waals surface area contributed by atoms with Gasteiger partial charge in [-0.25, -0.2) is 0 Å². The molecule has 3 amide bonds. The Hall–Kier alpha value is -2.74. The molecule has 36 heavy (non-hydrogen) atoms. The number of ether oxygens (including phenoxy) is 1. The maximum absolute atomic E-state index is 13.6. The van der Waals surface area contributed by atoms with Crippen LogP contribution in [-0.4, -0.2) is 71.5 Å². The Labute approximate surface area is 206 Å². The molecular formula is C23H33F3N5O5+. The topological polar surface area (TPSA) is 162 Å². The lowest BCUT2D eigenvalue weighted by molar-refractivity contribution is -0.408. The number of carbonyl (C=O) groups is 3. The van der Waals surface area contributed by atoms with E-state index < -0.39 is 53.9 Å². The van der Waals surface area contributed by atoms with E-state index in [1.807, 2.05) is 0 Å². The first-order valence-electron chi connectivity index (χ1n) is 11.8. The average molecular weight is 517 g/mol. The maximum Gasteiger partial charge on any atom is 0.417 e. The highest BCUT2D eigenvalue weighted by molar-refractivity contribution is 5.99. The molecule has 1 aliphatic carbocycles. The highest BCUT2D eigenvalue weighted by atomic mass is 19.4. The number of carbonyl (C=O) groups excluding carboxylic acids is 3. The minimum absolute atomic E-state index is 0.0174. The molecule has 5 unspecified atom stereocenters. The van der Waals surface area contributed by atoms with Crippen molar-refractivity contribution in [3.8, 4) is 0 Å². The van der Waals surface area contributed by atoms with Crippen molar-refractivity contribution < 1.29 is 43.1 Å². The number of primary amides is 1. The van der Waals surface area contributed by atoms with E-state index in [9.17, 15) is 32.7 Å². The van der Waals surface area contributed by atoms with Gasteiger partial charge in [0.2, 0.25) is 11.8 Å². The lowest BCUT2D eigenvalue weighted by atomic mass is 9.81. The van der Waals surface area contributed by atoms with Gasteiger partial charge < -0.3 is 26.6 Å². The summed E-state index contributed by atoms with van der Waals surface area (Å²) in [4.78, 5) is 37.9. The number of aliphatic hydroxyl groups is 1. The van der Waals surface area contributed by atoms with Crippen molar-refractivity contribution in [3.05, 3.63) is 29.8 Å². The van der Waals surface area contributed by atoms with E-state index in [4.69, 9.17) is 10.5 Å². The highest BCUT2D eigenvalue weighted by Gasteiger charge is 2.57. The van der Waals surface area contributed by atoms with Crippen molar-refractivity contribution in [1.82, 2.24) is 10.2 Å². The van der Waals surface area contributed by atoms with Crippen molar-refractivity contribution in [2.24, 2.45) is 5.73 Å². The van der Waals surface area contributed by atoms with E-state index in [-0.39, 0.29) is 38.6 Å². The summed E-state index contributed by atoms with van der Waals surface area (Å²) in [7, 11) is 1.02. The summed E-state index contributed by atoms with van der Waals surface area (Å²) in [6.45, 7) is -0.318. The number of imide groups is 1. The third-order valence-corrected chi connectivity index (χ3v) is 7.02. The molecule has 8 N–H and O–H groups in total. The zero-order valence-corrected chi connectivity index (χ0v) is 20.0. The number of nitrogens with two attached hydrogens (primary N) is 1. The molecule has 1 aromatic carbocycles. The molecule has 2 fully saturated rings. The van der Waals surface area contributed by atoms with E-state index in [1.54, 1.807) is 24.3 Å². The molecule has 5 atom stereocenters. The number of quaternary nitrogens is 1. The zero-order valence-electron chi connectivity index (χ0n) is 20.0. The predicted molar refractivity (Wildman–Crippen MR) is 122 cm³/mol. The Balaban J connectivity index is 1.66. The number of halogens is 3. The lowest BCUT2D eigenvalue weighted by Gasteiger charge is -2.42. The van der Waals surface area contributed by atoms with Crippen LogP contribution in [0.2, 0.25) is 0 Å². The standard InChI is InChI=1S/C23H32F3N5O5/c1-36-22(23(24,25)26)10-4-5-13(11-22)30-21(35)16-8-9-17(32)31(16)18(33)12-29-15-7-3-2-6-14(15)19(27)20(28)34/h2-3,6-7,13,16,19,21,29-30,35H,4-5,8-12,27H2,1H3,(H2,28,34)/p+1. The molecule has 200 valence electrons. The van der Waals surface area contributed by atoms with Crippen LogP contribution < -0.4 is 22.1 Å². The number of hydrogen-bond donors (Lipinski definition) is 5. The van der Waals surface area contributed by atoms with Gasteiger partial charge in [-0.1, -0.05) is 18.2 Å². The maximum atomic E-state index is 13.6. The molecule has 1 heterocycles. The second-order valence-corrected chi connectivity index (χ2v) is 9.26. The number of rotatable bonds is 9. The summed E-state index contributed by atoms with van der Waals surface area (Å²) < 4.78 is 45.7. The number of alkyl halides is 3. The fourth-order valence-corrected chi connectivity index (χ4v) is 4.99. The van der Waals surface area contributed by atoms with Crippen molar-refractivity contribution >= 4 is 23.4 Å². The lowest BCUT2D eigenvalue weighted by Crippen LogP contribution is -2.59. The van der Waals surface area contributed by atoms with E-state index in [1.165, 1.54) is 0 Å². The quantitative estimate of drug-likeness (QED) is 0.293. The number of aliphatic hydroxyl groups excluding tert-OH is 1. The SMILES string of the molecule is COC1(C(F)(F)F)CCCC(NC(O)C2CCC(=O)N2C(=O)CNc2ccccc2C([NH3+])C(N)=O)C1. The summed E-state index contributed by atoms with van der Waals surface area (Å²) in [5.41, 5.74) is 7.67. The van der Waals surface area contributed by atoms with Gasteiger partial charge >= 0.3 is 6.18 Å². The fourth-order valence-electron chi connectivity index (χ4n) is 4.99. The number of amides is 3. The summed E-state index contributed by atoms with van der Waals surface area (Å²) in [6.07, 6.45) is -5.72. The van der Waals surface area contributed by atoms with Crippen LogP contribution >= 0.6 is 0 Å². The molecule has 2 aliphatic rings. The van der Waals surface area contributed by atoms with E-state index in [0.29, 0.717) is 17.7 Å². The zero-order chi connectivity index (χ0) is 26.7. The van der Waals surface area contributed by atoms with Crippen LogP contribution in [0.4, 0.5) is 18.9 Å². The molecule has 10 nitrogen and oxygen atoms in total. The largest absolute Gasteiger partial charge is 0.417 e. The van der Waals surface area contributed by atoms with Gasteiger partial charge in [0.25, 0.3) is 5.91 Å². The number of hydrogen-bond acceptors (Lipinski definition) is 7. The molecule has 1 saturated carbocycles. The summed E-state index contributed by atoms with van der Waals surface area (Å²) in [5.74, 6) is -1.76. The Morgan fingerprint density at radius 1 is 1.33 bits per heavy atom. The van der Waals surface area contributed by atoms with Crippen molar-refractivity contribution in [1.29, 1.82) is 0 Å². The summed E-state index contributed by atoms with van der Waals surface area (Å²) in [6, 6.07) is 4.14. The number of benzene rings is 1. The van der Waals surface area contributed by atoms with Gasteiger partial charge in [0.1, 0.15) is 6.23 Å². The Kier molecular flexibility index (Phi) is 8.59. The van der Waals surface area contributed by atoms with Crippen molar-refractivity contribution in [2.45, 2.75) is 74.7 Å². The third kappa shape index (κ3) is 5.80. The highest BCUT2D eigenvalue weighted by Crippen LogP contribution is 2.44. The monoisotopic (exact) mass is 516 g/mol. The molecule has 1 aliphatic heterocycles. The Bertz CT molecular complexity index is 978. The third-order valence-electron chi connectivity index (χ3n) is 7.02. The van der Waals surface area contributed by atoms with E-state index in [2.05, 4.69) is 16.4 Å². The van der Waals surface area contributed by atoms with Crippen LogP contribution in [0.25, 0.3) is 0 Å².